The lowest BCUT2D eigenvalue weighted by Gasteiger charge is -2.11. The van der Waals surface area contributed by atoms with E-state index >= 15 is 0 Å². The number of thiophene rings is 1. The summed E-state index contributed by atoms with van der Waals surface area (Å²) in [4.78, 5) is 14.1. The third kappa shape index (κ3) is 5.59. The normalized spacial score (nSPS) is 12.9. The molecule has 1 N–H and O–H groups in total. The van der Waals surface area contributed by atoms with Crippen LogP contribution in [0.5, 0.6) is 5.75 Å². The van der Waals surface area contributed by atoms with E-state index in [2.05, 4.69) is 43.2 Å². The molecule has 0 saturated heterocycles. The number of nitriles is 2. The molecule has 170 valence electrons. The molecule has 0 fully saturated rings. The fraction of sp³-hybridized carbons (Fsp3) is 0.192. The van der Waals surface area contributed by atoms with Crippen molar-refractivity contribution in [2.75, 3.05) is 5.32 Å². The minimum absolute atomic E-state index is 0.0677. The zero-order chi connectivity index (χ0) is 24.1. The second kappa shape index (κ2) is 11.0. The Morgan fingerprint density at radius 1 is 1.09 bits per heavy atom. The molecule has 0 radical (unpaired) electrons. The Morgan fingerprint density at radius 3 is 2.56 bits per heavy atom. The summed E-state index contributed by atoms with van der Waals surface area (Å²) in [6, 6.07) is 17.5. The summed E-state index contributed by atoms with van der Waals surface area (Å²) in [5.74, 6) is 0.00685. The van der Waals surface area contributed by atoms with Crippen LogP contribution in [0.4, 0.5) is 5.00 Å². The van der Waals surface area contributed by atoms with Gasteiger partial charge in [-0.1, -0.05) is 44.0 Å². The van der Waals surface area contributed by atoms with Gasteiger partial charge >= 0.3 is 0 Å². The average molecular weight is 597 g/mol. The van der Waals surface area contributed by atoms with Gasteiger partial charge in [0.1, 0.15) is 35.1 Å². The van der Waals surface area contributed by atoms with Gasteiger partial charge in [0, 0.05) is 19.4 Å². The van der Waals surface area contributed by atoms with E-state index in [1.54, 1.807) is 12.1 Å². The number of hydrogen-bond donors (Lipinski definition) is 1. The number of aryl methyl sites for hydroxylation is 1. The van der Waals surface area contributed by atoms with Crippen LogP contribution in [0.15, 0.2) is 57.0 Å². The Morgan fingerprint density at radius 2 is 1.82 bits per heavy atom. The van der Waals surface area contributed by atoms with Crippen LogP contribution in [-0.4, -0.2) is 5.91 Å². The molecule has 0 bridgehead atoms. The van der Waals surface area contributed by atoms with Gasteiger partial charge in [0.2, 0.25) is 0 Å². The van der Waals surface area contributed by atoms with Crippen molar-refractivity contribution in [1.82, 2.24) is 0 Å². The number of nitrogens with zero attached hydrogens (tertiary/aromatic N) is 2. The zero-order valence-electron chi connectivity index (χ0n) is 18.0. The van der Waals surface area contributed by atoms with Gasteiger partial charge in [-0.3, -0.25) is 4.79 Å². The summed E-state index contributed by atoms with van der Waals surface area (Å²) in [6.45, 7) is 0.343. The van der Waals surface area contributed by atoms with Crippen LogP contribution in [0, 0.1) is 22.7 Å². The number of carbonyl (C=O) groups excluding carboxylic acids is 1. The fourth-order valence-electron chi connectivity index (χ4n) is 3.75. The molecule has 34 heavy (non-hydrogen) atoms. The van der Waals surface area contributed by atoms with Crippen molar-refractivity contribution in [2.45, 2.75) is 32.3 Å². The largest absolute Gasteiger partial charge is 0.488 e. The number of hydrogen-bond acceptors (Lipinski definition) is 5. The van der Waals surface area contributed by atoms with Crippen molar-refractivity contribution >= 4 is 60.2 Å². The molecule has 1 aromatic heterocycles. The SMILES string of the molecule is N#C/C(=C\c1cc(Br)ccc1OCc1ccc(Br)cc1)C(=O)Nc1sc2c(c1C#N)CCCC2. The van der Waals surface area contributed by atoms with Crippen LogP contribution < -0.4 is 10.1 Å². The van der Waals surface area contributed by atoms with E-state index in [1.807, 2.05) is 36.4 Å². The second-order valence-electron chi connectivity index (χ2n) is 7.75. The van der Waals surface area contributed by atoms with E-state index in [9.17, 15) is 15.3 Å². The van der Waals surface area contributed by atoms with E-state index in [0.29, 0.717) is 28.5 Å². The minimum atomic E-state index is -0.545. The Labute approximate surface area is 218 Å². The fourth-order valence-corrected chi connectivity index (χ4v) is 5.63. The summed E-state index contributed by atoms with van der Waals surface area (Å²) in [7, 11) is 0. The maximum atomic E-state index is 13.0. The van der Waals surface area contributed by atoms with Crippen LogP contribution in [-0.2, 0) is 24.2 Å². The minimum Gasteiger partial charge on any atom is -0.488 e. The zero-order valence-corrected chi connectivity index (χ0v) is 22.0. The molecule has 1 aliphatic rings. The lowest BCUT2D eigenvalue weighted by atomic mass is 9.96. The van der Waals surface area contributed by atoms with Crippen LogP contribution in [0.3, 0.4) is 0 Å². The highest BCUT2D eigenvalue weighted by molar-refractivity contribution is 9.10. The Hall–Kier alpha value is -2.91. The van der Waals surface area contributed by atoms with Gasteiger partial charge in [-0.05, 0) is 73.2 Å². The molecular weight excluding hydrogens is 578 g/mol. The number of rotatable bonds is 6. The molecule has 2 aromatic carbocycles. The predicted molar refractivity (Wildman–Crippen MR) is 141 cm³/mol. The van der Waals surface area contributed by atoms with Gasteiger partial charge in [0.15, 0.2) is 0 Å². The number of carbonyl (C=O) groups is 1. The summed E-state index contributed by atoms with van der Waals surface area (Å²) in [5.41, 5.74) is 3.08. The van der Waals surface area contributed by atoms with Crippen LogP contribution in [0.1, 0.15) is 40.0 Å². The first-order valence-electron chi connectivity index (χ1n) is 10.6. The maximum absolute atomic E-state index is 13.0. The third-order valence-corrected chi connectivity index (χ3v) is 7.68. The highest BCUT2D eigenvalue weighted by Gasteiger charge is 2.23. The number of benzene rings is 2. The standard InChI is InChI=1S/C26H19Br2N3O2S/c27-19-7-5-16(6-8-19)15-33-23-10-9-20(28)12-17(23)11-18(13-29)25(32)31-26-22(14-30)21-3-1-2-4-24(21)34-26/h5-12H,1-4,15H2,(H,31,32)/b18-11+. The highest BCUT2D eigenvalue weighted by atomic mass is 79.9. The van der Waals surface area contributed by atoms with Crippen molar-refractivity contribution in [3.8, 4) is 17.9 Å². The first kappa shape index (κ1) is 24.2. The van der Waals surface area contributed by atoms with Crippen LogP contribution in [0.25, 0.3) is 6.08 Å². The molecule has 0 aliphatic heterocycles. The first-order chi connectivity index (χ1) is 16.5. The molecule has 1 heterocycles. The third-order valence-electron chi connectivity index (χ3n) is 5.45. The maximum Gasteiger partial charge on any atom is 0.266 e. The predicted octanol–water partition coefficient (Wildman–Crippen LogP) is 7.15. The summed E-state index contributed by atoms with van der Waals surface area (Å²) >= 11 is 8.30. The summed E-state index contributed by atoms with van der Waals surface area (Å²) in [6.07, 6.45) is 5.41. The summed E-state index contributed by atoms with van der Waals surface area (Å²) < 4.78 is 7.77. The van der Waals surface area contributed by atoms with Gasteiger partial charge < -0.3 is 10.1 Å². The molecule has 5 nitrogen and oxygen atoms in total. The van der Waals surface area contributed by atoms with Crippen molar-refractivity contribution < 1.29 is 9.53 Å². The molecule has 0 atom stereocenters. The number of nitrogens with one attached hydrogen (secondary N) is 1. The lowest BCUT2D eigenvalue weighted by molar-refractivity contribution is -0.112. The molecule has 3 aromatic rings. The molecule has 0 saturated carbocycles. The highest BCUT2D eigenvalue weighted by Crippen LogP contribution is 2.38. The molecule has 1 amide bonds. The number of amides is 1. The molecule has 0 spiro atoms. The number of halogens is 2. The Balaban J connectivity index is 1.57. The first-order valence-corrected chi connectivity index (χ1v) is 13.0. The summed E-state index contributed by atoms with van der Waals surface area (Å²) in [5, 5.41) is 22.7. The number of anilines is 1. The van der Waals surface area contributed by atoms with Gasteiger partial charge in [-0.15, -0.1) is 11.3 Å². The van der Waals surface area contributed by atoms with Crippen molar-refractivity contribution in [3.05, 3.63) is 84.1 Å². The van der Waals surface area contributed by atoms with Crippen molar-refractivity contribution in [3.63, 3.8) is 0 Å². The Bertz CT molecular complexity index is 1350. The topological polar surface area (TPSA) is 85.9 Å². The van der Waals surface area contributed by atoms with Crippen LogP contribution >= 0.6 is 43.2 Å². The van der Waals surface area contributed by atoms with Crippen molar-refractivity contribution in [2.24, 2.45) is 0 Å². The quantitative estimate of drug-likeness (QED) is 0.242. The molecule has 1 aliphatic carbocycles. The monoisotopic (exact) mass is 595 g/mol. The molecule has 8 heteroatoms. The smallest absolute Gasteiger partial charge is 0.266 e. The van der Waals surface area contributed by atoms with E-state index in [1.165, 1.54) is 17.4 Å². The van der Waals surface area contributed by atoms with Gasteiger partial charge in [-0.25, -0.2) is 0 Å². The number of fused-ring (bicyclic) bond motifs is 1. The second-order valence-corrected chi connectivity index (χ2v) is 10.7. The van der Waals surface area contributed by atoms with Crippen LogP contribution in [0.2, 0.25) is 0 Å². The molecular formula is C26H19Br2N3O2S. The van der Waals surface area contributed by atoms with Crippen molar-refractivity contribution in [1.29, 1.82) is 10.5 Å². The average Bonchev–Trinajstić information content (AvgIpc) is 3.19. The van der Waals surface area contributed by atoms with E-state index in [0.717, 1.165) is 50.6 Å². The lowest BCUT2D eigenvalue weighted by Crippen LogP contribution is -2.13. The van der Waals surface area contributed by atoms with E-state index < -0.39 is 5.91 Å². The molecule has 0 unspecified atom stereocenters. The van der Waals surface area contributed by atoms with Gasteiger partial charge in [-0.2, -0.15) is 10.5 Å². The molecule has 4 rings (SSSR count). The van der Waals surface area contributed by atoms with E-state index in [-0.39, 0.29) is 5.57 Å². The van der Waals surface area contributed by atoms with Gasteiger partial charge in [0.05, 0.1) is 5.56 Å². The van der Waals surface area contributed by atoms with E-state index in [4.69, 9.17) is 4.74 Å². The number of ether oxygens (including phenoxy) is 1. The Kier molecular flexibility index (Phi) is 7.84. The van der Waals surface area contributed by atoms with Gasteiger partial charge in [0.25, 0.3) is 5.91 Å².